The van der Waals surface area contributed by atoms with Crippen molar-refractivity contribution in [1.82, 2.24) is 14.5 Å². The third-order valence-electron chi connectivity index (χ3n) is 3.33. The van der Waals surface area contributed by atoms with Gasteiger partial charge in [-0.25, -0.2) is 4.98 Å². The van der Waals surface area contributed by atoms with Crippen molar-refractivity contribution in [2.75, 3.05) is 33.6 Å². The Morgan fingerprint density at radius 1 is 1.36 bits per heavy atom. The molecular formula is C16H21N3O2S. The quantitative estimate of drug-likeness (QED) is 0.581. The second-order valence-electron chi connectivity index (χ2n) is 4.87. The van der Waals surface area contributed by atoms with Gasteiger partial charge in [0.05, 0.1) is 6.20 Å². The minimum absolute atomic E-state index is 0.0345. The number of benzene rings is 1. The minimum Gasteiger partial charge on any atom is -0.385 e. The van der Waals surface area contributed by atoms with E-state index in [1.807, 2.05) is 41.2 Å². The number of nitrogens with zero attached hydrogens (tertiary/aromatic N) is 3. The molecule has 0 aliphatic carbocycles. The molecule has 0 saturated carbocycles. The zero-order valence-electron chi connectivity index (χ0n) is 13.2. The van der Waals surface area contributed by atoms with E-state index in [9.17, 15) is 4.79 Å². The number of carbonyl (C=O) groups is 1. The van der Waals surface area contributed by atoms with Crippen LogP contribution in [0.4, 0.5) is 0 Å². The lowest BCUT2D eigenvalue weighted by atomic mass is 10.3. The van der Waals surface area contributed by atoms with E-state index in [2.05, 4.69) is 4.98 Å². The summed E-state index contributed by atoms with van der Waals surface area (Å²) in [5.41, 5.74) is 1.52. The number of aromatic nitrogens is 2. The summed E-state index contributed by atoms with van der Waals surface area (Å²) in [5, 5.41) is 0.805. The molecular weight excluding hydrogens is 298 g/mol. The Morgan fingerprint density at radius 3 is 2.73 bits per heavy atom. The molecule has 0 fully saturated rings. The van der Waals surface area contributed by atoms with E-state index in [0.29, 0.717) is 18.8 Å². The summed E-state index contributed by atoms with van der Waals surface area (Å²) in [7, 11) is 3.47. The largest absolute Gasteiger partial charge is 0.385 e. The first-order valence-electron chi connectivity index (χ1n) is 7.10. The van der Waals surface area contributed by atoms with Crippen molar-refractivity contribution in [3.63, 3.8) is 0 Å². The molecule has 0 bridgehead atoms. The number of ether oxygens (including phenoxy) is 1. The van der Waals surface area contributed by atoms with Gasteiger partial charge in [-0.05, 0) is 24.8 Å². The van der Waals surface area contributed by atoms with Crippen LogP contribution in [0.1, 0.15) is 16.9 Å². The van der Waals surface area contributed by atoms with Crippen LogP contribution >= 0.6 is 11.8 Å². The average Bonchev–Trinajstić information content (AvgIpc) is 2.99. The van der Waals surface area contributed by atoms with Gasteiger partial charge in [-0.3, -0.25) is 9.36 Å². The molecule has 0 aliphatic heterocycles. The first kappa shape index (κ1) is 16.6. The van der Waals surface area contributed by atoms with Gasteiger partial charge in [0, 0.05) is 33.0 Å². The summed E-state index contributed by atoms with van der Waals surface area (Å²) in [6.07, 6.45) is 4.42. The summed E-state index contributed by atoms with van der Waals surface area (Å²) in [5.74, 6) is -0.0345. The minimum atomic E-state index is -0.0345. The smallest absolute Gasteiger partial charge is 0.272 e. The molecule has 118 valence electrons. The molecule has 0 aliphatic rings. The van der Waals surface area contributed by atoms with Gasteiger partial charge in [0.1, 0.15) is 5.69 Å². The van der Waals surface area contributed by atoms with Gasteiger partial charge in [-0.2, -0.15) is 0 Å². The molecule has 2 rings (SSSR count). The number of methoxy groups -OCH3 is 1. The van der Waals surface area contributed by atoms with Crippen molar-refractivity contribution in [2.24, 2.45) is 0 Å². The number of hydrogen-bond acceptors (Lipinski definition) is 4. The number of rotatable bonds is 7. The Bertz CT molecular complexity index is 613. The molecule has 1 heterocycles. The monoisotopic (exact) mass is 319 g/mol. The van der Waals surface area contributed by atoms with Crippen molar-refractivity contribution in [1.29, 1.82) is 0 Å². The predicted molar refractivity (Wildman–Crippen MR) is 88.8 cm³/mol. The lowest BCUT2D eigenvalue weighted by Crippen LogP contribution is -2.30. The van der Waals surface area contributed by atoms with Crippen LogP contribution < -0.4 is 0 Å². The van der Waals surface area contributed by atoms with Crippen LogP contribution in [-0.2, 0) is 4.74 Å². The molecule has 1 aromatic carbocycles. The zero-order valence-corrected chi connectivity index (χ0v) is 14.0. The molecule has 0 N–H and O–H groups in total. The number of carbonyl (C=O) groups excluding carboxylic acids is 1. The maximum Gasteiger partial charge on any atom is 0.272 e. The molecule has 0 radical (unpaired) electrons. The van der Waals surface area contributed by atoms with Gasteiger partial charge in [0.15, 0.2) is 5.16 Å². The normalized spacial score (nSPS) is 10.7. The second kappa shape index (κ2) is 8.00. The lowest BCUT2D eigenvalue weighted by molar-refractivity contribution is 0.0771. The van der Waals surface area contributed by atoms with Crippen LogP contribution in [0, 0.1) is 0 Å². The van der Waals surface area contributed by atoms with Crippen LogP contribution in [-0.4, -0.2) is 53.9 Å². The van der Waals surface area contributed by atoms with Gasteiger partial charge in [-0.1, -0.05) is 30.0 Å². The Kier molecular flexibility index (Phi) is 6.03. The Hall–Kier alpha value is -1.79. The highest BCUT2D eigenvalue weighted by Crippen LogP contribution is 2.22. The zero-order chi connectivity index (χ0) is 15.9. The fourth-order valence-electron chi connectivity index (χ4n) is 2.20. The number of amides is 1. The number of para-hydroxylation sites is 1. The Balaban J connectivity index is 2.28. The van der Waals surface area contributed by atoms with E-state index in [0.717, 1.165) is 17.3 Å². The summed E-state index contributed by atoms with van der Waals surface area (Å²) in [6, 6.07) is 9.82. The Morgan fingerprint density at radius 2 is 2.09 bits per heavy atom. The average molecular weight is 319 g/mol. The molecule has 6 heteroatoms. The fraction of sp³-hybridized carbons (Fsp3) is 0.375. The maximum atomic E-state index is 12.7. The molecule has 1 aromatic heterocycles. The van der Waals surface area contributed by atoms with Gasteiger partial charge in [0.2, 0.25) is 0 Å². The highest BCUT2D eigenvalue weighted by Gasteiger charge is 2.20. The summed E-state index contributed by atoms with van der Waals surface area (Å²) >= 11 is 1.52. The van der Waals surface area contributed by atoms with Crippen LogP contribution in [0.5, 0.6) is 0 Å². The van der Waals surface area contributed by atoms with E-state index in [1.165, 1.54) is 11.8 Å². The highest BCUT2D eigenvalue weighted by molar-refractivity contribution is 7.98. The van der Waals surface area contributed by atoms with Gasteiger partial charge < -0.3 is 9.64 Å². The number of imidazole rings is 1. The topological polar surface area (TPSA) is 47.4 Å². The molecule has 0 saturated heterocycles. The summed E-state index contributed by atoms with van der Waals surface area (Å²) < 4.78 is 6.94. The maximum absolute atomic E-state index is 12.7. The fourth-order valence-corrected chi connectivity index (χ4v) is 2.74. The van der Waals surface area contributed by atoms with Crippen molar-refractivity contribution in [3.05, 3.63) is 42.2 Å². The standard InChI is InChI=1S/C16H21N3O2S/c1-18(10-7-11-21-2)15(20)14-12-17-16(22-3)19(14)13-8-5-4-6-9-13/h4-6,8-9,12H,7,10-11H2,1-3H3. The third-order valence-corrected chi connectivity index (χ3v) is 3.99. The van der Waals surface area contributed by atoms with Gasteiger partial charge in [0.25, 0.3) is 5.91 Å². The number of hydrogen-bond donors (Lipinski definition) is 0. The number of thioether (sulfide) groups is 1. The highest BCUT2D eigenvalue weighted by atomic mass is 32.2. The van der Waals surface area contributed by atoms with Gasteiger partial charge >= 0.3 is 0 Å². The van der Waals surface area contributed by atoms with Crippen molar-refractivity contribution in [2.45, 2.75) is 11.6 Å². The predicted octanol–water partition coefficient (Wildman–Crippen LogP) is 2.70. The van der Waals surface area contributed by atoms with Crippen molar-refractivity contribution < 1.29 is 9.53 Å². The molecule has 5 nitrogen and oxygen atoms in total. The first-order valence-corrected chi connectivity index (χ1v) is 8.33. The van der Waals surface area contributed by atoms with E-state index in [1.54, 1.807) is 25.3 Å². The summed E-state index contributed by atoms with van der Waals surface area (Å²) in [6.45, 7) is 1.30. The molecule has 0 spiro atoms. The SMILES string of the molecule is COCCCN(C)C(=O)c1cnc(SC)n1-c1ccccc1. The second-order valence-corrected chi connectivity index (χ2v) is 5.65. The van der Waals surface area contributed by atoms with Crippen LogP contribution in [0.15, 0.2) is 41.7 Å². The third kappa shape index (κ3) is 3.69. The van der Waals surface area contributed by atoms with Gasteiger partial charge in [-0.15, -0.1) is 0 Å². The van der Waals surface area contributed by atoms with E-state index >= 15 is 0 Å². The molecule has 0 unspecified atom stereocenters. The first-order chi connectivity index (χ1) is 10.7. The molecule has 1 amide bonds. The van der Waals surface area contributed by atoms with Crippen LogP contribution in [0.2, 0.25) is 0 Å². The van der Waals surface area contributed by atoms with E-state index in [4.69, 9.17) is 4.74 Å². The van der Waals surface area contributed by atoms with Crippen LogP contribution in [0.3, 0.4) is 0 Å². The van der Waals surface area contributed by atoms with Crippen molar-refractivity contribution >= 4 is 17.7 Å². The summed E-state index contributed by atoms with van der Waals surface area (Å²) in [4.78, 5) is 18.7. The molecule has 2 aromatic rings. The van der Waals surface area contributed by atoms with Crippen molar-refractivity contribution in [3.8, 4) is 5.69 Å². The molecule has 22 heavy (non-hydrogen) atoms. The van der Waals surface area contributed by atoms with Crippen LogP contribution in [0.25, 0.3) is 5.69 Å². The Labute approximate surface area is 135 Å². The molecule has 0 atom stereocenters. The lowest BCUT2D eigenvalue weighted by Gasteiger charge is -2.18. The van der Waals surface area contributed by atoms with E-state index in [-0.39, 0.29) is 5.91 Å². The van der Waals surface area contributed by atoms with E-state index < -0.39 is 0 Å².